The summed E-state index contributed by atoms with van der Waals surface area (Å²) in [7, 11) is 0. The van der Waals surface area contributed by atoms with E-state index in [1.54, 1.807) is 12.3 Å². The van der Waals surface area contributed by atoms with Crippen LogP contribution in [-0.4, -0.2) is 17.4 Å². The van der Waals surface area contributed by atoms with Crippen LogP contribution < -0.4 is 10.2 Å². The first-order chi connectivity index (χ1) is 10.3. The van der Waals surface area contributed by atoms with Crippen molar-refractivity contribution >= 4 is 40.0 Å². The third-order valence-electron chi connectivity index (χ3n) is 3.09. The number of hydrogen-bond acceptors (Lipinski definition) is 4. The Balaban J connectivity index is 1.90. The van der Waals surface area contributed by atoms with Crippen molar-refractivity contribution in [1.82, 2.24) is 4.98 Å². The van der Waals surface area contributed by atoms with E-state index in [4.69, 9.17) is 4.42 Å². The van der Waals surface area contributed by atoms with Gasteiger partial charge in [-0.3, -0.25) is 9.69 Å². The number of nitrogens with zero attached hydrogens (tertiary/aromatic N) is 2. The Morgan fingerprint density at radius 2 is 2.18 bits per heavy atom. The Bertz CT molecular complexity index is 730. The molecule has 3 heterocycles. The number of carbonyl (C=O) groups excluding carboxylic acids is 1. The number of pyridine rings is 1. The Hall–Kier alpha value is -1.78. The van der Waals surface area contributed by atoms with Gasteiger partial charge in [-0.2, -0.15) is 13.2 Å². The highest BCUT2D eigenvalue weighted by Crippen LogP contribution is 2.33. The maximum Gasteiger partial charge on any atom is 0.449 e. The number of hydrogen-bond donors (Lipinski definition) is 1. The molecule has 0 fully saturated rings. The lowest BCUT2D eigenvalue weighted by Gasteiger charge is -2.28. The molecule has 22 heavy (non-hydrogen) atoms. The van der Waals surface area contributed by atoms with Crippen LogP contribution in [0.1, 0.15) is 11.5 Å². The summed E-state index contributed by atoms with van der Waals surface area (Å²) in [5, 5.41) is 2.87. The van der Waals surface area contributed by atoms with Crippen LogP contribution in [0.15, 0.2) is 28.8 Å². The van der Waals surface area contributed by atoms with E-state index >= 15 is 0 Å². The minimum Gasteiger partial charge on any atom is -0.455 e. The first kappa shape index (κ1) is 15.1. The Labute approximate surface area is 136 Å². The minimum absolute atomic E-state index is 0.0351. The monoisotopic (exact) mass is 423 g/mol. The van der Waals surface area contributed by atoms with Crippen LogP contribution in [-0.2, 0) is 17.5 Å². The van der Waals surface area contributed by atoms with E-state index < -0.39 is 11.9 Å². The fraction of sp³-hybridized carbons (Fsp3) is 0.231. The molecule has 0 unspecified atom stereocenters. The average molecular weight is 423 g/mol. The second kappa shape index (κ2) is 5.45. The molecule has 0 spiro atoms. The van der Waals surface area contributed by atoms with Crippen LogP contribution in [0.4, 0.5) is 24.7 Å². The zero-order valence-electron chi connectivity index (χ0n) is 10.9. The zero-order valence-corrected chi connectivity index (χ0v) is 13.1. The SMILES string of the molecule is O=C1CNc2ncc(I)cc2N1Cc1ccc(C(F)(F)F)o1. The van der Waals surface area contributed by atoms with Gasteiger partial charge in [-0.25, -0.2) is 4.98 Å². The Morgan fingerprint density at radius 3 is 2.86 bits per heavy atom. The van der Waals surface area contributed by atoms with E-state index in [2.05, 4.69) is 10.3 Å². The number of furan rings is 1. The van der Waals surface area contributed by atoms with E-state index in [0.29, 0.717) is 11.5 Å². The molecule has 1 aliphatic heterocycles. The van der Waals surface area contributed by atoms with Gasteiger partial charge in [-0.1, -0.05) is 0 Å². The normalized spacial score (nSPS) is 14.7. The maximum absolute atomic E-state index is 12.6. The van der Waals surface area contributed by atoms with Crippen molar-refractivity contribution < 1.29 is 22.4 Å². The van der Waals surface area contributed by atoms with Gasteiger partial charge in [0.05, 0.1) is 18.8 Å². The highest BCUT2D eigenvalue weighted by Gasteiger charge is 2.35. The highest BCUT2D eigenvalue weighted by atomic mass is 127. The molecule has 5 nitrogen and oxygen atoms in total. The number of nitrogens with one attached hydrogen (secondary N) is 1. The van der Waals surface area contributed by atoms with Crippen molar-refractivity contribution in [3.63, 3.8) is 0 Å². The zero-order chi connectivity index (χ0) is 15.9. The lowest BCUT2D eigenvalue weighted by molar-refractivity contribution is -0.153. The average Bonchev–Trinajstić information content (AvgIpc) is 2.91. The molecule has 1 amide bonds. The molecular formula is C13H9F3IN3O2. The molecule has 0 radical (unpaired) electrons. The van der Waals surface area contributed by atoms with Gasteiger partial charge in [0.15, 0.2) is 5.82 Å². The fourth-order valence-corrected chi connectivity index (χ4v) is 2.54. The number of carbonyl (C=O) groups is 1. The lowest BCUT2D eigenvalue weighted by Crippen LogP contribution is -2.39. The number of alkyl halides is 3. The number of rotatable bonds is 2. The molecule has 0 saturated carbocycles. The Morgan fingerprint density at radius 1 is 1.41 bits per heavy atom. The van der Waals surface area contributed by atoms with Crippen molar-refractivity contribution in [2.45, 2.75) is 12.7 Å². The van der Waals surface area contributed by atoms with Crippen LogP contribution in [0.2, 0.25) is 0 Å². The maximum atomic E-state index is 12.6. The van der Waals surface area contributed by atoms with Gasteiger partial charge < -0.3 is 9.73 Å². The van der Waals surface area contributed by atoms with Crippen molar-refractivity contribution in [2.75, 3.05) is 16.8 Å². The number of halogens is 4. The van der Waals surface area contributed by atoms with E-state index in [0.717, 1.165) is 9.64 Å². The third kappa shape index (κ3) is 2.89. The molecule has 0 aliphatic carbocycles. The van der Waals surface area contributed by atoms with Gasteiger partial charge in [0.2, 0.25) is 11.7 Å². The number of anilines is 2. The molecule has 116 valence electrons. The summed E-state index contributed by atoms with van der Waals surface area (Å²) in [6, 6.07) is 3.82. The molecule has 9 heteroatoms. The second-order valence-electron chi connectivity index (χ2n) is 4.62. The molecule has 3 rings (SSSR count). The first-order valence-corrected chi connectivity index (χ1v) is 7.28. The molecule has 2 aromatic heterocycles. The van der Waals surface area contributed by atoms with Crippen LogP contribution in [0.25, 0.3) is 0 Å². The summed E-state index contributed by atoms with van der Waals surface area (Å²) in [4.78, 5) is 17.6. The van der Waals surface area contributed by atoms with Gasteiger partial charge in [-0.05, 0) is 40.8 Å². The molecule has 0 aromatic carbocycles. The fourth-order valence-electron chi connectivity index (χ4n) is 2.10. The Kier molecular flexibility index (Phi) is 3.75. The summed E-state index contributed by atoms with van der Waals surface area (Å²) in [6.45, 7) is -0.0429. The second-order valence-corrected chi connectivity index (χ2v) is 5.86. The molecule has 0 atom stereocenters. The topological polar surface area (TPSA) is 58.4 Å². The summed E-state index contributed by atoms with van der Waals surface area (Å²) in [6.07, 6.45) is -2.91. The highest BCUT2D eigenvalue weighted by molar-refractivity contribution is 14.1. The van der Waals surface area contributed by atoms with Crippen LogP contribution in [0.5, 0.6) is 0 Å². The quantitative estimate of drug-likeness (QED) is 0.754. The van der Waals surface area contributed by atoms with Crippen LogP contribution >= 0.6 is 22.6 Å². The number of fused-ring (bicyclic) bond motifs is 1. The van der Waals surface area contributed by atoms with Gasteiger partial charge in [0.1, 0.15) is 5.76 Å². The molecule has 0 saturated heterocycles. The molecule has 1 N–H and O–H groups in total. The van der Waals surface area contributed by atoms with E-state index in [-0.39, 0.29) is 24.8 Å². The van der Waals surface area contributed by atoms with Gasteiger partial charge in [-0.15, -0.1) is 0 Å². The summed E-state index contributed by atoms with van der Waals surface area (Å²) < 4.78 is 43.3. The van der Waals surface area contributed by atoms with Crippen molar-refractivity contribution in [3.8, 4) is 0 Å². The van der Waals surface area contributed by atoms with Crippen LogP contribution in [0, 0.1) is 3.57 Å². The summed E-state index contributed by atoms with van der Waals surface area (Å²) in [5.41, 5.74) is 0.521. The van der Waals surface area contributed by atoms with Gasteiger partial charge in [0.25, 0.3) is 0 Å². The first-order valence-electron chi connectivity index (χ1n) is 6.20. The predicted molar refractivity (Wildman–Crippen MR) is 80.3 cm³/mol. The smallest absolute Gasteiger partial charge is 0.449 e. The van der Waals surface area contributed by atoms with E-state index in [1.165, 1.54) is 11.0 Å². The summed E-state index contributed by atoms with van der Waals surface area (Å²) in [5.74, 6) is -0.762. The standard InChI is InChI=1S/C13H9F3IN3O2/c14-13(15,16)10-2-1-8(22-10)6-20-9-3-7(17)4-18-12(9)19-5-11(20)21/h1-4H,5-6H2,(H,18,19). The van der Waals surface area contributed by atoms with E-state index in [1.807, 2.05) is 22.6 Å². The molecule has 0 bridgehead atoms. The summed E-state index contributed by atoms with van der Waals surface area (Å²) >= 11 is 2.05. The number of aromatic nitrogens is 1. The van der Waals surface area contributed by atoms with Gasteiger partial charge in [0, 0.05) is 9.77 Å². The van der Waals surface area contributed by atoms with Crippen LogP contribution in [0.3, 0.4) is 0 Å². The van der Waals surface area contributed by atoms with Crippen molar-refractivity contribution in [3.05, 3.63) is 39.5 Å². The molecule has 1 aliphatic rings. The molecular weight excluding hydrogens is 414 g/mol. The van der Waals surface area contributed by atoms with Crippen molar-refractivity contribution in [2.24, 2.45) is 0 Å². The van der Waals surface area contributed by atoms with Gasteiger partial charge >= 0.3 is 6.18 Å². The minimum atomic E-state index is -4.54. The largest absolute Gasteiger partial charge is 0.455 e. The lowest BCUT2D eigenvalue weighted by atomic mass is 10.2. The van der Waals surface area contributed by atoms with Crippen molar-refractivity contribution in [1.29, 1.82) is 0 Å². The number of amides is 1. The van der Waals surface area contributed by atoms with E-state index in [9.17, 15) is 18.0 Å². The predicted octanol–water partition coefficient (Wildman–Crippen LogP) is 3.26. The third-order valence-corrected chi connectivity index (χ3v) is 3.68. The molecule has 2 aromatic rings.